The SMILES string of the molecule is N#Cc1ccc(N2CCCC2)c(C(=O)O)c1. The standard InChI is InChI=1S/C12H12N2O2/c13-8-9-3-4-11(10(7-9)12(15)16)14-5-1-2-6-14/h3-4,7H,1-2,5-6H2,(H,15,16). The fourth-order valence-corrected chi connectivity index (χ4v) is 2.01. The molecule has 4 nitrogen and oxygen atoms in total. The van der Waals surface area contributed by atoms with Crippen molar-refractivity contribution < 1.29 is 9.90 Å². The Labute approximate surface area is 93.7 Å². The fraction of sp³-hybridized carbons (Fsp3) is 0.333. The lowest BCUT2D eigenvalue weighted by Crippen LogP contribution is -2.20. The Balaban J connectivity index is 2.44. The molecule has 0 amide bonds. The molecule has 1 heterocycles. The molecule has 2 rings (SSSR count). The molecular formula is C12H12N2O2. The van der Waals surface area contributed by atoms with Crippen LogP contribution in [0.5, 0.6) is 0 Å². The van der Waals surface area contributed by atoms with Gasteiger partial charge in [-0.1, -0.05) is 0 Å². The third kappa shape index (κ3) is 1.84. The molecule has 1 aromatic carbocycles. The lowest BCUT2D eigenvalue weighted by Gasteiger charge is -2.19. The van der Waals surface area contributed by atoms with Crippen molar-refractivity contribution in [2.24, 2.45) is 0 Å². The van der Waals surface area contributed by atoms with Crippen molar-refractivity contribution in [2.45, 2.75) is 12.8 Å². The number of carboxylic acid groups (broad SMARTS) is 1. The quantitative estimate of drug-likeness (QED) is 0.819. The largest absolute Gasteiger partial charge is 0.478 e. The predicted octanol–water partition coefficient (Wildman–Crippen LogP) is 1.86. The van der Waals surface area contributed by atoms with Crippen molar-refractivity contribution in [3.8, 4) is 6.07 Å². The third-order valence-corrected chi connectivity index (χ3v) is 2.80. The number of hydrogen-bond acceptors (Lipinski definition) is 3. The van der Waals surface area contributed by atoms with Gasteiger partial charge in [-0.15, -0.1) is 0 Å². The molecular weight excluding hydrogens is 204 g/mol. The average molecular weight is 216 g/mol. The molecule has 0 bridgehead atoms. The first-order chi connectivity index (χ1) is 7.72. The number of rotatable bonds is 2. The van der Waals surface area contributed by atoms with E-state index < -0.39 is 5.97 Å². The van der Waals surface area contributed by atoms with Crippen LogP contribution in [0.2, 0.25) is 0 Å². The Kier molecular flexibility index (Phi) is 2.78. The van der Waals surface area contributed by atoms with E-state index in [4.69, 9.17) is 10.4 Å². The van der Waals surface area contributed by atoms with Crippen LogP contribution in [-0.2, 0) is 0 Å². The van der Waals surface area contributed by atoms with E-state index in [0.717, 1.165) is 31.6 Å². The number of nitrogens with zero attached hydrogens (tertiary/aromatic N) is 2. The Morgan fingerprint density at radius 2 is 2.06 bits per heavy atom. The molecule has 0 aliphatic carbocycles. The molecule has 1 N–H and O–H groups in total. The van der Waals surface area contributed by atoms with Gasteiger partial charge in [-0.25, -0.2) is 4.79 Å². The highest BCUT2D eigenvalue weighted by Crippen LogP contribution is 2.25. The van der Waals surface area contributed by atoms with Gasteiger partial charge in [0.05, 0.1) is 22.9 Å². The van der Waals surface area contributed by atoms with Crippen molar-refractivity contribution in [3.63, 3.8) is 0 Å². The van der Waals surface area contributed by atoms with Crippen LogP contribution in [0.4, 0.5) is 5.69 Å². The number of benzene rings is 1. The van der Waals surface area contributed by atoms with E-state index in [2.05, 4.69) is 4.90 Å². The lowest BCUT2D eigenvalue weighted by atomic mass is 10.1. The molecule has 0 atom stereocenters. The highest BCUT2D eigenvalue weighted by molar-refractivity contribution is 5.95. The highest BCUT2D eigenvalue weighted by Gasteiger charge is 2.19. The van der Waals surface area contributed by atoms with Gasteiger partial charge in [0.2, 0.25) is 0 Å². The Hall–Kier alpha value is -2.02. The zero-order chi connectivity index (χ0) is 11.5. The molecule has 0 saturated carbocycles. The summed E-state index contributed by atoms with van der Waals surface area (Å²) in [6.45, 7) is 1.79. The highest BCUT2D eigenvalue weighted by atomic mass is 16.4. The first kappa shape index (κ1) is 10.5. The molecule has 0 radical (unpaired) electrons. The number of anilines is 1. The van der Waals surface area contributed by atoms with Gasteiger partial charge >= 0.3 is 5.97 Å². The topological polar surface area (TPSA) is 64.3 Å². The summed E-state index contributed by atoms with van der Waals surface area (Å²) in [4.78, 5) is 13.2. The van der Waals surface area contributed by atoms with Gasteiger partial charge < -0.3 is 10.0 Å². The van der Waals surface area contributed by atoms with Crippen molar-refractivity contribution in [2.75, 3.05) is 18.0 Å². The van der Waals surface area contributed by atoms with E-state index in [9.17, 15) is 4.79 Å². The number of nitriles is 1. The molecule has 1 fully saturated rings. The zero-order valence-electron chi connectivity index (χ0n) is 8.81. The van der Waals surface area contributed by atoms with Gasteiger partial charge in [-0.3, -0.25) is 0 Å². The maximum Gasteiger partial charge on any atom is 0.337 e. The van der Waals surface area contributed by atoms with E-state index in [1.165, 1.54) is 6.07 Å². The van der Waals surface area contributed by atoms with Crippen molar-refractivity contribution in [3.05, 3.63) is 29.3 Å². The summed E-state index contributed by atoms with van der Waals surface area (Å²) < 4.78 is 0. The van der Waals surface area contributed by atoms with Crippen LogP contribution in [0.3, 0.4) is 0 Å². The van der Waals surface area contributed by atoms with Crippen LogP contribution in [-0.4, -0.2) is 24.2 Å². The van der Waals surface area contributed by atoms with Gasteiger partial charge in [-0.05, 0) is 31.0 Å². The molecule has 0 aromatic heterocycles. The minimum Gasteiger partial charge on any atom is -0.478 e. The summed E-state index contributed by atoms with van der Waals surface area (Å²) in [7, 11) is 0. The Bertz CT molecular complexity index is 457. The summed E-state index contributed by atoms with van der Waals surface area (Å²) in [5.41, 5.74) is 1.34. The molecule has 0 unspecified atom stereocenters. The monoisotopic (exact) mass is 216 g/mol. The smallest absolute Gasteiger partial charge is 0.337 e. The van der Waals surface area contributed by atoms with Gasteiger partial charge in [0, 0.05) is 13.1 Å². The minimum atomic E-state index is -0.973. The minimum absolute atomic E-state index is 0.223. The van der Waals surface area contributed by atoms with Gasteiger partial charge in [0.1, 0.15) is 0 Å². The first-order valence-electron chi connectivity index (χ1n) is 5.25. The van der Waals surface area contributed by atoms with Crippen molar-refractivity contribution in [1.82, 2.24) is 0 Å². The molecule has 1 aromatic rings. The summed E-state index contributed by atoms with van der Waals surface area (Å²) in [6.07, 6.45) is 2.19. The predicted molar refractivity (Wildman–Crippen MR) is 59.6 cm³/mol. The fourth-order valence-electron chi connectivity index (χ4n) is 2.01. The normalized spacial score (nSPS) is 14.8. The second-order valence-corrected chi connectivity index (χ2v) is 3.84. The van der Waals surface area contributed by atoms with Crippen LogP contribution in [0, 0.1) is 11.3 Å². The van der Waals surface area contributed by atoms with Crippen molar-refractivity contribution >= 4 is 11.7 Å². The summed E-state index contributed by atoms with van der Waals surface area (Å²) in [5, 5.41) is 17.9. The van der Waals surface area contributed by atoms with Crippen LogP contribution in [0.15, 0.2) is 18.2 Å². The first-order valence-corrected chi connectivity index (χ1v) is 5.25. The maximum absolute atomic E-state index is 11.1. The molecule has 0 spiro atoms. The van der Waals surface area contributed by atoms with E-state index in [1.807, 2.05) is 6.07 Å². The Morgan fingerprint density at radius 3 is 2.62 bits per heavy atom. The van der Waals surface area contributed by atoms with Gasteiger partial charge in [0.15, 0.2) is 0 Å². The van der Waals surface area contributed by atoms with E-state index in [0.29, 0.717) is 5.56 Å². The van der Waals surface area contributed by atoms with Gasteiger partial charge in [0.25, 0.3) is 0 Å². The Morgan fingerprint density at radius 1 is 1.38 bits per heavy atom. The second kappa shape index (κ2) is 4.23. The average Bonchev–Trinajstić information content (AvgIpc) is 2.81. The number of carbonyl (C=O) groups is 1. The molecule has 4 heteroatoms. The van der Waals surface area contributed by atoms with Crippen molar-refractivity contribution in [1.29, 1.82) is 5.26 Å². The number of aromatic carboxylic acids is 1. The summed E-state index contributed by atoms with van der Waals surface area (Å²) in [6, 6.07) is 6.79. The molecule has 1 aliphatic rings. The molecule has 16 heavy (non-hydrogen) atoms. The molecule has 82 valence electrons. The maximum atomic E-state index is 11.1. The van der Waals surface area contributed by atoms with Crippen LogP contribution in [0.25, 0.3) is 0 Å². The van der Waals surface area contributed by atoms with E-state index in [1.54, 1.807) is 12.1 Å². The van der Waals surface area contributed by atoms with E-state index >= 15 is 0 Å². The lowest BCUT2D eigenvalue weighted by molar-refractivity contribution is 0.0697. The van der Waals surface area contributed by atoms with Crippen LogP contribution < -0.4 is 4.90 Å². The van der Waals surface area contributed by atoms with Crippen LogP contribution in [0.1, 0.15) is 28.8 Å². The summed E-state index contributed by atoms with van der Waals surface area (Å²) in [5.74, 6) is -0.973. The number of carboxylic acids is 1. The zero-order valence-corrected chi connectivity index (χ0v) is 8.81. The van der Waals surface area contributed by atoms with Crippen LogP contribution >= 0.6 is 0 Å². The van der Waals surface area contributed by atoms with Gasteiger partial charge in [-0.2, -0.15) is 5.26 Å². The molecule has 1 aliphatic heterocycles. The number of hydrogen-bond donors (Lipinski definition) is 1. The second-order valence-electron chi connectivity index (χ2n) is 3.84. The summed E-state index contributed by atoms with van der Waals surface area (Å²) >= 11 is 0. The van der Waals surface area contributed by atoms with E-state index in [-0.39, 0.29) is 5.56 Å². The molecule has 1 saturated heterocycles. The third-order valence-electron chi connectivity index (χ3n) is 2.80.